The number of hydrogen-bond acceptors (Lipinski definition) is 4. The Morgan fingerprint density at radius 2 is 2.06 bits per heavy atom. The molecule has 2 aliphatic heterocycles. The van der Waals surface area contributed by atoms with Crippen LogP contribution in [-0.2, 0) is 9.53 Å². The average molecular weight is 241 g/mol. The van der Waals surface area contributed by atoms with E-state index in [0.29, 0.717) is 13.2 Å². The highest BCUT2D eigenvalue weighted by atomic mass is 16.5. The Bertz CT molecular complexity index is 254. The van der Waals surface area contributed by atoms with Crippen molar-refractivity contribution in [3.05, 3.63) is 0 Å². The fourth-order valence-corrected chi connectivity index (χ4v) is 2.52. The van der Waals surface area contributed by atoms with E-state index in [2.05, 4.69) is 17.7 Å². The predicted octanol–water partition coefficient (Wildman–Crippen LogP) is 0.128. The summed E-state index contributed by atoms with van der Waals surface area (Å²) in [6, 6.07) is 0.171. The minimum absolute atomic E-state index is 0.0446. The van der Waals surface area contributed by atoms with Gasteiger partial charge in [0.2, 0.25) is 5.91 Å². The molecule has 98 valence electrons. The molecule has 2 heterocycles. The zero-order chi connectivity index (χ0) is 12.1. The van der Waals surface area contributed by atoms with E-state index in [1.54, 1.807) is 0 Å². The second kappa shape index (κ2) is 6.33. The van der Waals surface area contributed by atoms with Gasteiger partial charge in [0.25, 0.3) is 0 Å². The van der Waals surface area contributed by atoms with E-state index in [1.165, 1.54) is 19.3 Å². The third-order valence-corrected chi connectivity index (χ3v) is 3.51. The van der Waals surface area contributed by atoms with E-state index >= 15 is 0 Å². The Balaban J connectivity index is 1.81. The Morgan fingerprint density at radius 3 is 2.76 bits per heavy atom. The normalized spacial score (nSPS) is 30.4. The molecule has 0 bridgehead atoms. The lowest BCUT2D eigenvalue weighted by atomic mass is 10.0. The van der Waals surface area contributed by atoms with Crippen LogP contribution in [0.25, 0.3) is 0 Å². The van der Waals surface area contributed by atoms with Crippen molar-refractivity contribution in [1.29, 1.82) is 0 Å². The summed E-state index contributed by atoms with van der Waals surface area (Å²) in [5, 5.41) is 5.36. The third-order valence-electron chi connectivity index (χ3n) is 3.51. The SMILES string of the molecule is CCNC1COCC1C(=O)NN1CCCCC1. The number of carbonyl (C=O) groups excluding carboxylic acids is 1. The number of likely N-dealkylation sites (N-methyl/N-ethyl adjacent to an activating group) is 1. The summed E-state index contributed by atoms with van der Waals surface area (Å²) in [7, 11) is 0. The van der Waals surface area contributed by atoms with Gasteiger partial charge in [0.1, 0.15) is 0 Å². The van der Waals surface area contributed by atoms with Crippen molar-refractivity contribution in [2.45, 2.75) is 32.2 Å². The second-order valence-corrected chi connectivity index (χ2v) is 4.83. The Kier molecular flexibility index (Phi) is 4.76. The number of piperidine rings is 1. The van der Waals surface area contributed by atoms with E-state index < -0.39 is 0 Å². The molecule has 1 amide bonds. The number of hydrogen-bond donors (Lipinski definition) is 2. The average Bonchev–Trinajstić information content (AvgIpc) is 2.79. The maximum atomic E-state index is 12.1. The quantitative estimate of drug-likeness (QED) is 0.734. The minimum atomic E-state index is -0.0446. The first kappa shape index (κ1) is 12.8. The number of amides is 1. The smallest absolute Gasteiger partial charge is 0.241 e. The molecule has 0 radical (unpaired) electrons. The van der Waals surface area contributed by atoms with Gasteiger partial charge in [-0.25, -0.2) is 5.01 Å². The molecule has 2 aliphatic rings. The number of rotatable bonds is 4. The van der Waals surface area contributed by atoms with Crippen molar-refractivity contribution in [2.24, 2.45) is 5.92 Å². The largest absolute Gasteiger partial charge is 0.379 e. The van der Waals surface area contributed by atoms with Crippen LogP contribution in [0.5, 0.6) is 0 Å². The summed E-state index contributed by atoms with van der Waals surface area (Å²) in [6.45, 7) is 6.07. The van der Waals surface area contributed by atoms with E-state index in [1.807, 2.05) is 5.01 Å². The number of carbonyl (C=O) groups is 1. The highest BCUT2D eigenvalue weighted by Gasteiger charge is 2.34. The van der Waals surface area contributed by atoms with Crippen LogP contribution in [0.4, 0.5) is 0 Å². The summed E-state index contributed by atoms with van der Waals surface area (Å²) in [5.74, 6) is 0.0622. The molecule has 2 saturated heterocycles. The van der Waals surface area contributed by atoms with Crippen molar-refractivity contribution < 1.29 is 9.53 Å². The van der Waals surface area contributed by atoms with Gasteiger partial charge in [0.15, 0.2) is 0 Å². The molecule has 0 aromatic rings. The van der Waals surface area contributed by atoms with Crippen molar-refractivity contribution in [2.75, 3.05) is 32.8 Å². The van der Waals surface area contributed by atoms with Gasteiger partial charge in [-0.3, -0.25) is 10.2 Å². The first-order valence-electron chi connectivity index (χ1n) is 6.68. The van der Waals surface area contributed by atoms with Gasteiger partial charge in [-0.15, -0.1) is 0 Å². The highest BCUT2D eigenvalue weighted by Crippen LogP contribution is 2.14. The molecule has 2 unspecified atom stereocenters. The maximum Gasteiger partial charge on any atom is 0.241 e. The number of nitrogens with one attached hydrogen (secondary N) is 2. The van der Waals surface area contributed by atoms with Gasteiger partial charge in [-0.05, 0) is 19.4 Å². The van der Waals surface area contributed by atoms with E-state index in [-0.39, 0.29) is 17.9 Å². The summed E-state index contributed by atoms with van der Waals surface area (Å²) in [5.41, 5.74) is 3.02. The standard InChI is InChI=1S/C12H23N3O2/c1-2-13-11-9-17-8-10(11)12(16)14-15-6-4-3-5-7-15/h10-11,13H,2-9H2,1H3,(H,14,16). The fourth-order valence-electron chi connectivity index (χ4n) is 2.52. The number of ether oxygens (including phenoxy) is 1. The summed E-state index contributed by atoms with van der Waals surface area (Å²) < 4.78 is 5.39. The van der Waals surface area contributed by atoms with E-state index in [4.69, 9.17) is 4.74 Å². The Hall–Kier alpha value is -0.650. The molecule has 0 aliphatic carbocycles. The summed E-state index contributed by atoms with van der Waals surface area (Å²) in [4.78, 5) is 12.1. The van der Waals surface area contributed by atoms with Crippen LogP contribution in [0, 0.1) is 5.92 Å². The van der Waals surface area contributed by atoms with Gasteiger partial charge in [-0.1, -0.05) is 13.3 Å². The van der Waals surface area contributed by atoms with Crippen LogP contribution in [0.15, 0.2) is 0 Å². The molecule has 17 heavy (non-hydrogen) atoms. The van der Waals surface area contributed by atoms with Crippen molar-refractivity contribution in [3.63, 3.8) is 0 Å². The lowest BCUT2D eigenvalue weighted by Crippen LogP contribution is -2.51. The second-order valence-electron chi connectivity index (χ2n) is 4.83. The topological polar surface area (TPSA) is 53.6 Å². The van der Waals surface area contributed by atoms with Crippen molar-refractivity contribution >= 4 is 5.91 Å². The maximum absolute atomic E-state index is 12.1. The molecule has 0 aromatic heterocycles. The highest BCUT2D eigenvalue weighted by molar-refractivity contribution is 5.79. The molecule has 5 heteroatoms. The number of hydrazine groups is 1. The van der Waals surface area contributed by atoms with Crippen LogP contribution >= 0.6 is 0 Å². The lowest BCUT2D eigenvalue weighted by molar-refractivity contribution is -0.130. The lowest BCUT2D eigenvalue weighted by Gasteiger charge is -2.29. The zero-order valence-electron chi connectivity index (χ0n) is 10.6. The first-order chi connectivity index (χ1) is 8.31. The van der Waals surface area contributed by atoms with Gasteiger partial charge in [0.05, 0.1) is 19.1 Å². The fraction of sp³-hybridized carbons (Fsp3) is 0.917. The molecule has 2 fully saturated rings. The van der Waals surface area contributed by atoms with E-state index in [0.717, 1.165) is 19.6 Å². The Morgan fingerprint density at radius 1 is 1.29 bits per heavy atom. The molecule has 0 saturated carbocycles. The molecular formula is C12H23N3O2. The summed E-state index contributed by atoms with van der Waals surface area (Å²) in [6.07, 6.45) is 3.63. The van der Waals surface area contributed by atoms with Crippen LogP contribution < -0.4 is 10.7 Å². The molecule has 5 nitrogen and oxygen atoms in total. The van der Waals surface area contributed by atoms with Crippen LogP contribution in [0.2, 0.25) is 0 Å². The number of nitrogens with zero attached hydrogens (tertiary/aromatic N) is 1. The molecule has 2 N–H and O–H groups in total. The first-order valence-corrected chi connectivity index (χ1v) is 6.68. The van der Waals surface area contributed by atoms with Crippen molar-refractivity contribution in [3.8, 4) is 0 Å². The van der Waals surface area contributed by atoms with Gasteiger partial charge >= 0.3 is 0 Å². The van der Waals surface area contributed by atoms with Gasteiger partial charge < -0.3 is 10.1 Å². The van der Waals surface area contributed by atoms with Gasteiger partial charge in [-0.2, -0.15) is 0 Å². The van der Waals surface area contributed by atoms with Gasteiger partial charge in [0, 0.05) is 19.1 Å². The van der Waals surface area contributed by atoms with Crippen molar-refractivity contribution in [1.82, 2.24) is 15.8 Å². The van der Waals surface area contributed by atoms with Crippen LogP contribution in [0.1, 0.15) is 26.2 Å². The van der Waals surface area contributed by atoms with E-state index in [9.17, 15) is 4.79 Å². The molecular weight excluding hydrogens is 218 g/mol. The minimum Gasteiger partial charge on any atom is -0.379 e. The molecule has 2 rings (SSSR count). The monoisotopic (exact) mass is 241 g/mol. The molecule has 2 atom stereocenters. The predicted molar refractivity (Wildman–Crippen MR) is 65.3 cm³/mol. The zero-order valence-corrected chi connectivity index (χ0v) is 10.6. The van der Waals surface area contributed by atoms with Crippen LogP contribution in [-0.4, -0.2) is 49.8 Å². The molecule has 0 spiro atoms. The molecule has 0 aromatic carbocycles. The Labute approximate surface area is 103 Å². The third kappa shape index (κ3) is 3.40. The summed E-state index contributed by atoms with van der Waals surface area (Å²) >= 11 is 0. The van der Waals surface area contributed by atoms with Crippen LogP contribution in [0.3, 0.4) is 0 Å².